The quantitative estimate of drug-likeness (QED) is 0.329. The zero-order chi connectivity index (χ0) is 20.2. The van der Waals surface area contributed by atoms with Crippen molar-refractivity contribution in [2.75, 3.05) is 13.2 Å². The van der Waals surface area contributed by atoms with E-state index >= 15 is 0 Å². The molecule has 4 aromatic carbocycles. The summed E-state index contributed by atoms with van der Waals surface area (Å²) in [7, 11) is 0. The van der Waals surface area contributed by atoms with Gasteiger partial charge in [0.1, 0.15) is 11.5 Å². The largest absolute Gasteiger partial charge is 0.493 e. The molecule has 0 radical (unpaired) electrons. The molecule has 4 heteroatoms. The van der Waals surface area contributed by atoms with Crippen LogP contribution in [0.5, 0.6) is 11.5 Å². The zero-order valence-corrected chi connectivity index (χ0v) is 16.6. The molecule has 0 saturated carbocycles. The van der Waals surface area contributed by atoms with E-state index in [2.05, 4.69) is 46.6 Å². The highest BCUT2D eigenvalue weighted by Crippen LogP contribution is 2.32. The number of nitrogens with zero attached hydrogens (tertiary/aromatic N) is 2. The highest BCUT2D eigenvalue weighted by atomic mass is 16.5. The molecule has 0 amide bonds. The Morgan fingerprint density at radius 2 is 0.933 bits per heavy atom. The van der Waals surface area contributed by atoms with Crippen LogP contribution in [0.3, 0.4) is 0 Å². The van der Waals surface area contributed by atoms with Crippen molar-refractivity contribution in [3.63, 3.8) is 0 Å². The zero-order valence-electron chi connectivity index (χ0n) is 16.6. The van der Waals surface area contributed by atoms with Gasteiger partial charge in [-0.1, -0.05) is 48.5 Å². The molecular formula is C26H22N2O2. The van der Waals surface area contributed by atoms with Crippen molar-refractivity contribution in [2.24, 2.45) is 10.2 Å². The number of benzene rings is 4. The molecule has 3 aliphatic heterocycles. The topological polar surface area (TPSA) is 43.2 Å². The van der Waals surface area contributed by atoms with Crippen LogP contribution in [0.15, 0.2) is 95.2 Å². The fourth-order valence-corrected chi connectivity index (χ4v) is 3.64. The fourth-order valence-electron chi connectivity index (χ4n) is 3.64. The van der Waals surface area contributed by atoms with Gasteiger partial charge in [-0.15, -0.1) is 0 Å². The molecule has 148 valence electrons. The lowest BCUT2D eigenvalue weighted by Gasteiger charge is -2.13. The van der Waals surface area contributed by atoms with Gasteiger partial charge in [-0.05, 0) is 47.5 Å². The summed E-state index contributed by atoms with van der Waals surface area (Å²) in [6.07, 6.45) is 1.65. The van der Waals surface area contributed by atoms with E-state index in [0.717, 1.165) is 46.5 Å². The summed E-state index contributed by atoms with van der Waals surface area (Å²) in [6.45, 7) is 1.22. The van der Waals surface area contributed by atoms with Gasteiger partial charge in [0.15, 0.2) is 0 Å². The molecule has 0 spiro atoms. The van der Waals surface area contributed by atoms with Gasteiger partial charge in [0.2, 0.25) is 0 Å². The summed E-state index contributed by atoms with van der Waals surface area (Å²) in [5.74, 6) is 1.77. The maximum Gasteiger partial charge on any atom is 0.127 e. The van der Waals surface area contributed by atoms with Gasteiger partial charge < -0.3 is 9.47 Å². The maximum absolute atomic E-state index is 6.13. The van der Waals surface area contributed by atoms with E-state index in [0.29, 0.717) is 13.2 Å². The maximum atomic E-state index is 6.13. The van der Waals surface area contributed by atoms with Crippen molar-refractivity contribution in [3.8, 4) is 11.5 Å². The Balaban J connectivity index is 1.49. The Hall–Kier alpha value is -3.66. The van der Waals surface area contributed by atoms with E-state index in [4.69, 9.17) is 9.47 Å². The molecule has 0 aromatic heterocycles. The minimum atomic E-state index is 0.608. The smallest absolute Gasteiger partial charge is 0.127 e. The standard InChI is InChI=1S/C26H22N2O2/c1-3-23-24-4-2-6-26(23)30-18-16-20-9-13-22(14-10-20)28-27-21-11-7-19(8-12-21)15-17-29-25(24)5-1/h1-14H,15-18H2. The third-order valence-electron chi connectivity index (χ3n) is 5.29. The van der Waals surface area contributed by atoms with Crippen LogP contribution in [0.25, 0.3) is 10.8 Å². The van der Waals surface area contributed by atoms with Gasteiger partial charge in [-0.2, -0.15) is 10.2 Å². The van der Waals surface area contributed by atoms with E-state index in [1.54, 1.807) is 0 Å². The number of hydrogen-bond donors (Lipinski definition) is 0. The fraction of sp³-hybridized carbons (Fsp3) is 0.154. The van der Waals surface area contributed by atoms with Gasteiger partial charge in [-0.3, -0.25) is 0 Å². The van der Waals surface area contributed by atoms with Gasteiger partial charge in [0.25, 0.3) is 0 Å². The molecule has 0 saturated heterocycles. The molecular weight excluding hydrogens is 372 g/mol. The first-order chi connectivity index (χ1) is 14.8. The molecule has 0 aliphatic carbocycles. The molecule has 8 bridgehead atoms. The second-order valence-corrected chi connectivity index (χ2v) is 7.34. The Morgan fingerprint density at radius 3 is 1.37 bits per heavy atom. The summed E-state index contributed by atoms with van der Waals surface area (Å²) in [5.41, 5.74) is 4.09. The van der Waals surface area contributed by atoms with Crippen LogP contribution in [0, 0.1) is 0 Å². The third kappa shape index (κ3) is 4.03. The Labute approximate surface area is 175 Å². The molecule has 7 rings (SSSR count). The molecule has 4 aromatic rings. The molecule has 0 N–H and O–H groups in total. The Kier molecular flexibility index (Phi) is 5.13. The molecule has 30 heavy (non-hydrogen) atoms. The first-order valence-corrected chi connectivity index (χ1v) is 10.2. The van der Waals surface area contributed by atoms with Crippen molar-refractivity contribution in [3.05, 3.63) is 96.1 Å². The van der Waals surface area contributed by atoms with Crippen molar-refractivity contribution in [1.29, 1.82) is 0 Å². The minimum Gasteiger partial charge on any atom is -0.493 e. The average molecular weight is 394 g/mol. The van der Waals surface area contributed by atoms with Crippen molar-refractivity contribution in [2.45, 2.75) is 12.8 Å². The molecule has 4 nitrogen and oxygen atoms in total. The normalized spacial score (nSPS) is 13.9. The van der Waals surface area contributed by atoms with E-state index in [9.17, 15) is 0 Å². The number of ether oxygens (including phenoxy) is 2. The first-order valence-electron chi connectivity index (χ1n) is 10.2. The molecule has 0 atom stereocenters. The number of fused-ring (bicyclic) bond motifs is 2. The van der Waals surface area contributed by atoms with Crippen LogP contribution in [0.4, 0.5) is 11.4 Å². The number of hydrogen-bond acceptors (Lipinski definition) is 4. The Bertz CT molecular complexity index is 1090. The summed E-state index contributed by atoms with van der Waals surface area (Å²) < 4.78 is 12.3. The van der Waals surface area contributed by atoms with Crippen LogP contribution in [-0.2, 0) is 12.8 Å². The van der Waals surface area contributed by atoms with Crippen molar-refractivity contribution < 1.29 is 9.47 Å². The van der Waals surface area contributed by atoms with Crippen LogP contribution in [0.2, 0.25) is 0 Å². The summed E-state index contributed by atoms with van der Waals surface area (Å²) >= 11 is 0. The van der Waals surface area contributed by atoms with Crippen LogP contribution >= 0.6 is 0 Å². The van der Waals surface area contributed by atoms with E-state index in [1.165, 1.54) is 11.1 Å². The first kappa shape index (κ1) is 18.4. The lowest BCUT2D eigenvalue weighted by molar-refractivity contribution is 0.322. The molecule has 0 unspecified atom stereocenters. The SMILES string of the molecule is c1cc2c3cccc(c3c1)OCCc1ccc(cc1)N=Nc1ccc(cc1)CCO2. The predicted molar refractivity (Wildman–Crippen MR) is 119 cm³/mol. The highest BCUT2D eigenvalue weighted by Gasteiger charge is 2.08. The summed E-state index contributed by atoms with van der Waals surface area (Å²) in [6, 6.07) is 28.5. The van der Waals surface area contributed by atoms with E-state index in [-0.39, 0.29) is 0 Å². The van der Waals surface area contributed by atoms with Crippen LogP contribution < -0.4 is 9.47 Å². The van der Waals surface area contributed by atoms with E-state index < -0.39 is 0 Å². The molecule has 0 fully saturated rings. The monoisotopic (exact) mass is 394 g/mol. The number of azo groups is 1. The second-order valence-electron chi connectivity index (χ2n) is 7.34. The minimum absolute atomic E-state index is 0.608. The summed E-state index contributed by atoms with van der Waals surface area (Å²) in [4.78, 5) is 0. The molecule has 3 heterocycles. The van der Waals surface area contributed by atoms with Crippen LogP contribution in [0.1, 0.15) is 11.1 Å². The lowest BCUT2D eigenvalue weighted by atomic mass is 10.1. The summed E-state index contributed by atoms with van der Waals surface area (Å²) in [5, 5.41) is 10.8. The van der Waals surface area contributed by atoms with Gasteiger partial charge in [-0.25, -0.2) is 0 Å². The highest BCUT2D eigenvalue weighted by molar-refractivity contribution is 5.93. The van der Waals surface area contributed by atoms with Gasteiger partial charge >= 0.3 is 0 Å². The predicted octanol–water partition coefficient (Wildman–Crippen LogP) is 6.81. The average Bonchev–Trinajstić information content (AvgIpc) is 2.79. The lowest BCUT2D eigenvalue weighted by Crippen LogP contribution is -2.03. The number of rotatable bonds is 0. The van der Waals surface area contributed by atoms with Crippen molar-refractivity contribution >= 4 is 22.1 Å². The van der Waals surface area contributed by atoms with E-state index in [1.807, 2.05) is 48.5 Å². The Morgan fingerprint density at radius 1 is 0.500 bits per heavy atom. The third-order valence-corrected chi connectivity index (χ3v) is 5.29. The second kappa shape index (κ2) is 8.37. The van der Waals surface area contributed by atoms with Crippen molar-refractivity contribution in [1.82, 2.24) is 0 Å². The van der Waals surface area contributed by atoms with Crippen LogP contribution in [-0.4, -0.2) is 13.2 Å². The van der Waals surface area contributed by atoms with Gasteiger partial charge in [0.05, 0.1) is 24.6 Å². The molecule has 3 aliphatic rings. The van der Waals surface area contributed by atoms with Gasteiger partial charge in [0, 0.05) is 23.6 Å².